The molecule has 0 spiro atoms. The predicted molar refractivity (Wildman–Crippen MR) is 121 cm³/mol. The van der Waals surface area contributed by atoms with Crippen molar-refractivity contribution < 1.29 is 9.47 Å². The molecule has 28 heavy (non-hydrogen) atoms. The first-order valence-corrected chi connectivity index (χ1v) is 11.5. The van der Waals surface area contributed by atoms with Crippen LogP contribution in [0.2, 0.25) is 0 Å². The molecule has 0 aromatic heterocycles. The lowest BCUT2D eigenvalue weighted by Crippen LogP contribution is -2.38. The average molecular weight is 409 g/mol. The fraction of sp³-hybridized carbons (Fsp3) is 0.667. The van der Waals surface area contributed by atoms with Gasteiger partial charge in [-0.3, -0.25) is 4.99 Å². The van der Waals surface area contributed by atoms with Gasteiger partial charge in [0.2, 0.25) is 0 Å². The molecule has 1 aliphatic rings. The zero-order valence-electron chi connectivity index (χ0n) is 17.4. The molecule has 1 saturated heterocycles. The van der Waals surface area contributed by atoms with Gasteiger partial charge in [-0.1, -0.05) is 25.5 Å². The Hall–Kier alpha value is -1.44. The third kappa shape index (κ3) is 9.17. The molecule has 2 rings (SSSR count). The van der Waals surface area contributed by atoms with Crippen molar-refractivity contribution in [2.45, 2.75) is 26.3 Å². The van der Waals surface area contributed by atoms with E-state index in [0.717, 1.165) is 45.2 Å². The first-order valence-electron chi connectivity index (χ1n) is 10.3. The minimum atomic E-state index is 0.638. The Morgan fingerprint density at radius 3 is 2.43 bits per heavy atom. The topological polar surface area (TPSA) is 58.1 Å². The van der Waals surface area contributed by atoms with E-state index in [1.54, 1.807) is 7.05 Å². The molecule has 158 valence electrons. The Morgan fingerprint density at radius 2 is 1.75 bits per heavy atom. The van der Waals surface area contributed by atoms with Crippen molar-refractivity contribution in [3.8, 4) is 0 Å². The molecule has 0 aliphatic carbocycles. The van der Waals surface area contributed by atoms with Gasteiger partial charge >= 0.3 is 0 Å². The van der Waals surface area contributed by atoms with Crippen molar-refractivity contribution in [3.05, 3.63) is 29.8 Å². The molecule has 2 N–H and O–H groups in total. The van der Waals surface area contributed by atoms with Gasteiger partial charge in [0.05, 0.1) is 19.8 Å². The van der Waals surface area contributed by atoms with Gasteiger partial charge in [-0.05, 0) is 24.1 Å². The van der Waals surface area contributed by atoms with Gasteiger partial charge in [0, 0.05) is 57.0 Å². The van der Waals surface area contributed by atoms with Crippen molar-refractivity contribution >= 4 is 23.4 Å². The molecule has 1 aliphatic heterocycles. The number of unbranched alkanes of at least 4 members (excludes halogenated alkanes) is 1. The highest BCUT2D eigenvalue weighted by Crippen LogP contribution is 2.19. The summed E-state index contributed by atoms with van der Waals surface area (Å²) in [5.41, 5.74) is 2.57. The van der Waals surface area contributed by atoms with Crippen LogP contribution in [0.1, 0.15) is 25.3 Å². The van der Waals surface area contributed by atoms with Gasteiger partial charge in [0.15, 0.2) is 5.96 Å². The van der Waals surface area contributed by atoms with E-state index in [1.807, 2.05) is 11.8 Å². The SMILES string of the molecule is CCCCOCCOCCNC(=NC)NCc1ccc(N2CCSCC2)cc1. The Kier molecular flexibility index (Phi) is 11.9. The Labute approximate surface area is 174 Å². The smallest absolute Gasteiger partial charge is 0.191 e. The van der Waals surface area contributed by atoms with E-state index in [4.69, 9.17) is 9.47 Å². The highest BCUT2D eigenvalue weighted by molar-refractivity contribution is 7.99. The van der Waals surface area contributed by atoms with Crippen LogP contribution in [-0.2, 0) is 16.0 Å². The van der Waals surface area contributed by atoms with Crippen LogP contribution < -0.4 is 15.5 Å². The van der Waals surface area contributed by atoms with E-state index in [0.29, 0.717) is 19.8 Å². The molecule has 1 aromatic rings. The van der Waals surface area contributed by atoms with Crippen LogP contribution in [0.3, 0.4) is 0 Å². The van der Waals surface area contributed by atoms with E-state index >= 15 is 0 Å². The summed E-state index contributed by atoms with van der Waals surface area (Å²) in [4.78, 5) is 6.73. The minimum Gasteiger partial charge on any atom is -0.379 e. The van der Waals surface area contributed by atoms with Crippen LogP contribution in [0.15, 0.2) is 29.3 Å². The number of anilines is 1. The van der Waals surface area contributed by atoms with Crippen LogP contribution >= 0.6 is 11.8 Å². The largest absolute Gasteiger partial charge is 0.379 e. The number of rotatable bonds is 12. The number of hydrogen-bond donors (Lipinski definition) is 2. The standard InChI is InChI=1S/C21H36N4O2S/c1-3-4-12-26-14-15-27-13-9-23-21(22-2)24-18-19-5-7-20(8-6-19)25-10-16-28-17-11-25/h5-8H,3-4,9-18H2,1-2H3,(H2,22,23,24). The van der Waals surface area contributed by atoms with Crippen molar-refractivity contribution in [2.24, 2.45) is 4.99 Å². The fourth-order valence-corrected chi connectivity index (χ4v) is 3.77. The molecule has 0 unspecified atom stereocenters. The quantitative estimate of drug-likeness (QED) is 0.315. The van der Waals surface area contributed by atoms with E-state index in [1.165, 1.54) is 29.2 Å². The number of nitrogens with one attached hydrogen (secondary N) is 2. The van der Waals surface area contributed by atoms with Crippen molar-refractivity contribution in [1.29, 1.82) is 0 Å². The summed E-state index contributed by atoms with van der Waals surface area (Å²) in [6.07, 6.45) is 2.28. The molecule has 0 saturated carbocycles. The highest BCUT2D eigenvalue weighted by atomic mass is 32.2. The lowest BCUT2D eigenvalue weighted by molar-refractivity contribution is 0.0487. The van der Waals surface area contributed by atoms with Crippen LogP contribution in [0.25, 0.3) is 0 Å². The minimum absolute atomic E-state index is 0.638. The first-order chi connectivity index (χ1) is 13.8. The van der Waals surface area contributed by atoms with Crippen LogP contribution in [-0.4, -0.2) is 70.6 Å². The van der Waals surface area contributed by atoms with Crippen molar-refractivity contribution in [2.75, 3.05) is 69.5 Å². The Balaban J connectivity index is 1.57. The second-order valence-corrected chi connectivity index (χ2v) is 7.92. The summed E-state index contributed by atoms with van der Waals surface area (Å²) in [7, 11) is 1.79. The third-order valence-corrected chi connectivity index (χ3v) is 5.49. The normalized spacial score (nSPS) is 14.9. The zero-order chi connectivity index (χ0) is 19.9. The number of benzene rings is 1. The zero-order valence-corrected chi connectivity index (χ0v) is 18.2. The monoisotopic (exact) mass is 408 g/mol. The number of aliphatic imine (C=N–C) groups is 1. The second-order valence-electron chi connectivity index (χ2n) is 6.70. The van der Waals surface area contributed by atoms with Gasteiger partial charge in [0.25, 0.3) is 0 Å². The summed E-state index contributed by atoms with van der Waals surface area (Å²) < 4.78 is 11.0. The highest BCUT2D eigenvalue weighted by Gasteiger charge is 2.10. The summed E-state index contributed by atoms with van der Waals surface area (Å²) in [5, 5.41) is 6.63. The summed E-state index contributed by atoms with van der Waals surface area (Å²) >= 11 is 2.04. The van der Waals surface area contributed by atoms with Crippen molar-refractivity contribution in [1.82, 2.24) is 10.6 Å². The summed E-state index contributed by atoms with van der Waals surface area (Å²) in [6.45, 7) is 8.70. The maximum Gasteiger partial charge on any atom is 0.191 e. The first kappa shape index (κ1) is 22.8. The molecular formula is C21H36N4O2S. The van der Waals surface area contributed by atoms with E-state index in [9.17, 15) is 0 Å². The molecule has 0 radical (unpaired) electrons. The van der Waals surface area contributed by atoms with Crippen LogP contribution in [0.5, 0.6) is 0 Å². The maximum absolute atomic E-state index is 5.57. The van der Waals surface area contributed by atoms with E-state index in [2.05, 4.69) is 51.7 Å². The molecule has 1 aromatic carbocycles. The average Bonchev–Trinajstić information content (AvgIpc) is 2.75. The number of hydrogen-bond acceptors (Lipinski definition) is 5. The lowest BCUT2D eigenvalue weighted by atomic mass is 10.2. The van der Waals surface area contributed by atoms with Gasteiger partial charge in [-0.2, -0.15) is 11.8 Å². The molecule has 1 fully saturated rings. The van der Waals surface area contributed by atoms with E-state index in [-0.39, 0.29) is 0 Å². The second kappa shape index (κ2) is 14.5. The van der Waals surface area contributed by atoms with Gasteiger partial charge in [-0.25, -0.2) is 0 Å². The number of nitrogens with zero attached hydrogens (tertiary/aromatic N) is 2. The predicted octanol–water partition coefficient (Wildman–Crippen LogP) is 2.74. The lowest BCUT2D eigenvalue weighted by Gasteiger charge is -2.28. The van der Waals surface area contributed by atoms with Crippen LogP contribution in [0, 0.1) is 0 Å². The number of guanidine groups is 1. The van der Waals surface area contributed by atoms with Crippen molar-refractivity contribution in [3.63, 3.8) is 0 Å². The summed E-state index contributed by atoms with van der Waals surface area (Å²) in [6, 6.07) is 8.83. The number of thioether (sulfide) groups is 1. The molecule has 1 heterocycles. The third-order valence-electron chi connectivity index (χ3n) is 4.55. The van der Waals surface area contributed by atoms with Crippen LogP contribution in [0.4, 0.5) is 5.69 Å². The molecule has 0 bridgehead atoms. The maximum atomic E-state index is 5.57. The Bertz CT molecular complexity index is 548. The molecule has 7 heteroatoms. The molecular weight excluding hydrogens is 372 g/mol. The van der Waals surface area contributed by atoms with Gasteiger partial charge in [-0.15, -0.1) is 0 Å². The molecule has 0 atom stereocenters. The van der Waals surface area contributed by atoms with Gasteiger partial charge < -0.3 is 25.0 Å². The van der Waals surface area contributed by atoms with E-state index < -0.39 is 0 Å². The Morgan fingerprint density at radius 1 is 1.04 bits per heavy atom. The molecule has 0 amide bonds. The fourth-order valence-electron chi connectivity index (χ4n) is 2.86. The number of ether oxygens (including phenoxy) is 2. The summed E-state index contributed by atoms with van der Waals surface area (Å²) in [5.74, 6) is 3.24. The molecule has 6 nitrogen and oxygen atoms in total. The van der Waals surface area contributed by atoms with Gasteiger partial charge in [0.1, 0.15) is 0 Å².